The van der Waals surface area contributed by atoms with Crippen LogP contribution in [-0.4, -0.2) is 15.9 Å². The third-order valence-electron chi connectivity index (χ3n) is 1.04. The van der Waals surface area contributed by atoms with E-state index in [0.29, 0.717) is 6.20 Å². The predicted molar refractivity (Wildman–Crippen MR) is 36.0 cm³/mol. The molecule has 0 aliphatic rings. The zero-order valence-electron chi connectivity index (χ0n) is 5.69. The molecular formula is C5H3FN4O2. The number of carbonyl (C=O) groups excluding carboxylic acids is 1. The van der Waals surface area contributed by atoms with Crippen LogP contribution in [0.5, 0.6) is 0 Å². The first kappa shape index (κ1) is 8.18. The van der Waals surface area contributed by atoms with Crippen molar-refractivity contribution >= 4 is 11.7 Å². The topological polar surface area (TPSA) is 98.3 Å². The van der Waals surface area contributed by atoms with Crippen LogP contribution in [0.4, 0.5) is 10.2 Å². The molecule has 1 aromatic rings. The average molecular weight is 170 g/mol. The molecule has 2 N–H and O–H groups in total. The SMILES string of the molecule is NC(=O)c1nc(F)cnc1N=O. The van der Waals surface area contributed by atoms with E-state index in [2.05, 4.69) is 15.1 Å². The van der Waals surface area contributed by atoms with Crippen molar-refractivity contribution in [2.75, 3.05) is 0 Å². The van der Waals surface area contributed by atoms with Gasteiger partial charge < -0.3 is 5.73 Å². The first-order valence-corrected chi connectivity index (χ1v) is 2.81. The van der Waals surface area contributed by atoms with Crippen molar-refractivity contribution in [1.82, 2.24) is 9.97 Å². The number of hydrogen-bond donors (Lipinski definition) is 1. The lowest BCUT2D eigenvalue weighted by atomic mass is 10.4. The van der Waals surface area contributed by atoms with Crippen molar-refractivity contribution in [1.29, 1.82) is 0 Å². The fourth-order valence-electron chi connectivity index (χ4n) is 0.593. The summed E-state index contributed by atoms with van der Waals surface area (Å²) in [5.74, 6) is -2.54. The summed E-state index contributed by atoms with van der Waals surface area (Å²) in [5.41, 5.74) is 4.19. The van der Waals surface area contributed by atoms with Crippen molar-refractivity contribution in [3.05, 3.63) is 22.7 Å². The van der Waals surface area contributed by atoms with Crippen LogP contribution in [0.1, 0.15) is 10.5 Å². The van der Waals surface area contributed by atoms with Gasteiger partial charge in [-0.2, -0.15) is 4.39 Å². The highest BCUT2D eigenvalue weighted by Gasteiger charge is 2.12. The van der Waals surface area contributed by atoms with Gasteiger partial charge in [-0.1, -0.05) is 0 Å². The number of aromatic nitrogens is 2. The van der Waals surface area contributed by atoms with Gasteiger partial charge in [-0.05, 0) is 5.18 Å². The monoisotopic (exact) mass is 170 g/mol. The molecule has 1 heterocycles. The molecule has 1 amide bonds. The molecule has 62 valence electrons. The first-order chi connectivity index (χ1) is 5.65. The quantitative estimate of drug-likeness (QED) is 0.636. The third-order valence-corrected chi connectivity index (χ3v) is 1.04. The third kappa shape index (κ3) is 1.39. The van der Waals surface area contributed by atoms with E-state index < -0.39 is 23.4 Å². The summed E-state index contributed by atoms with van der Waals surface area (Å²) in [5, 5.41) is 2.34. The van der Waals surface area contributed by atoms with Gasteiger partial charge >= 0.3 is 0 Å². The number of carbonyl (C=O) groups is 1. The molecule has 0 fully saturated rings. The van der Waals surface area contributed by atoms with Crippen molar-refractivity contribution in [3.8, 4) is 0 Å². The Hall–Kier alpha value is -1.92. The van der Waals surface area contributed by atoms with Gasteiger partial charge in [-0.3, -0.25) is 4.79 Å². The minimum absolute atomic E-state index is 0.510. The van der Waals surface area contributed by atoms with E-state index >= 15 is 0 Å². The number of halogens is 1. The Labute approximate surface area is 65.6 Å². The van der Waals surface area contributed by atoms with Gasteiger partial charge in [0.05, 0.1) is 6.20 Å². The van der Waals surface area contributed by atoms with E-state index in [1.54, 1.807) is 0 Å². The highest BCUT2D eigenvalue weighted by atomic mass is 19.1. The number of nitrogens with two attached hydrogens (primary N) is 1. The van der Waals surface area contributed by atoms with E-state index in [0.717, 1.165) is 0 Å². The molecule has 0 unspecified atom stereocenters. The summed E-state index contributed by atoms with van der Waals surface area (Å²) in [6, 6.07) is 0. The van der Waals surface area contributed by atoms with Crippen LogP contribution in [-0.2, 0) is 0 Å². The number of hydrogen-bond acceptors (Lipinski definition) is 5. The number of primary amides is 1. The minimum atomic E-state index is -1.04. The van der Waals surface area contributed by atoms with Crippen LogP contribution in [0.15, 0.2) is 11.4 Å². The summed E-state index contributed by atoms with van der Waals surface area (Å²) in [6.45, 7) is 0. The molecule has 0 bridgehead atoms. The summed E-state index contributed by atoms with van der Waals surface area (Å²) in [4.78, 5) is 26.7. The van der Waals surface area contributed by atoms with Crippen molar-refractivity contribution in [3.63, 3.8) is 0 Å². The van der Waals surface area contributed by atoms with Crippen LogP contribution in [0.2, 0.25) is 0 Å². The smallest absolute Gasteiger partial charge is 0.271 e. The zero-order valence-corrected chi connectivity index (χ0v) is 5.69. The van der Waals surface area contributed by atoms with Gasteiger partial charge in [0.25, 0.3) is 5.91 Å². The van der Waals surface area contributed by atoms with Crippen molar-refractivity contribution < 1.29 is 9.18 Å². The molecule has 0 spiro atoms. The Balaban J connectivity index is 3.30. The van der Waals surface area contributed by atoms with Gasteiger partial charge in [0, 0.05) is 0 Å². The normalized spacial score (nSPS) is 9.42. The number of rotatable bonds is 2. The lowest BCUT2D eigenvalue weighted by Gasteiger charge is -1.94. The molecule has 1 aromatic heterocycles. The Morgan fingerprint density at radius 3 is 2.83 bits per heavy atom. The summed E-state index contributed by atoms with van der Waals surface area (Å²) < 4.78 is 12.3. The van der Waals surface area contributed by atoms with E-state index in [1.807, 2.05) is 0 Å². The van der Waals surface area contributed by atoms with Crippen LogP contribution in [0, 0.1) is 10.9 Å². The molecule has 0 aliphatic carbocycles. The standard InChI is InChI=1S/C5H3FN4O2/c6-2-1-8-5(10-12)3(9-2)4(7)11/h1H,(H2,7,11). The average Bonchev–Trinajstić information content (AvgIpc) is 2.04. The molecule has 0 saturated carbocycles. The summed E-state index contributed by atoms with van der Waals surface area (Å²) in [6.07, 6.45) is 0.670. The Morgan fingerprint density at radius 2 is 2.33 bits per heavy atom. The van der Waals surface area contributed by atoms with Gasteiger partial charge in [0.1, 0.15) is 0 Å². The van der Waals surface area contributed by atoms with Crippen molar-refractivity contribution in [2.45, 2.75) is 0 Å². The van der Waals surface area contributed by atoms with E-state index in [4.69, 9.17) is 5.73 Å². The molecule has 6 nitrogen and oxygen atoms in total. The Kier molecular flexibility index (Phi) is 2.04. The molecule has 0 atom stereocenters. The molecule has 12 heavy (non-hydrogen) atoms. The molecule has 0 aromatic carbocycles. The molecule has 0 saturated heterocycles. The van der Waals surface area contributed by atoms with Crippen molar-refractivity contribution in [2.24, 2.45) is 10.9 Å². The highest BCUT2D eigenvalue weighted by molar-refractivity contribution is 5.94. The maximum Gasteiger partial charge on any atom is 0.271 e. The molecule has 1 rings (SSSR count). The maximum absolute atomic E-state index is 12.3. The Morgan fingerprint density at radius 1 is 1.67 bits per heavy atom. The fourth-order valence-corrected chi connectivity index (χ4v) is 0.593. The molecule has 7 heteroatoms. The zero-order chi connectivity index (χ0) is 9.14. The second-order valence-electron chi connectivity index (χ2n) is 1.82. The molecule has 0 aliphatic heterocycles. The lowest BCUT2D eigenvalue weighted by Crippen LogP contribution is -2.14. The summed E-state index contributed by atoms with van der Waals surface area (Å²) >= 11 is 0. The van der Waals surface area contributed by atoms with E-state index in [-0.39, 0.29) is 0 Å². The molecular weight excluding hydrogens is 167 g/mol. The second kappa shape index (κ2) is 2.99. The van der Waals surface area contributed by atoms with E-state index in [1.165, 1.54) is 0 Å². The first-order valence-electron chi connectivity index (χ1n) is 2.81. The number of nitroso groups, excluding NO2 is 1. The van der Waals surface area contributed by atoms with Gasteiger partial charge in [0.15, 0.2) is 5.69 Å². The second-order valence-corrected chi connectivity index (χ2v) is 1.82. The number of amides is 1. The minimum Gasteiger partial charge on any atom is -0.364 e. The summed E-state index contributed by atoms with van der Waals surface area (Å²) in [7, 11) is 0. The van der Waals surface area contributed by atoms with E-state index in [9.17, 15) is 14.1 Å². The number of nitrogens with zero attached hydrogens (tertiary/aromatic N) is 3. The van der Waals surface area contributed by atoms with Crippen LogP contribution in [0.25, 0.3) is 0 Å². The Bertz CT molecular complexity index is 340. The van der Waals surface area contributed by atoms with Gasteiger partial charge in [-0.25, -0.2) is 9.97 Å². The van der Waals surface area contributed by atoms with Gasteiger partial charge in [-0.15, -0.1) is 4.91 Å². The molecule has 0 radical (unpaired) electrons. The maximum atomic E-state index is 12.3. The fraction of sp³-hybridized carbons (Fsp3) is 0. The predicted octanol–water partition coefficient (Wildman–Crippen LogP) is 0.112. The highest BCUT2D eigenvalue weighted by Crippen LogP contribution is 2.11. The largest absolute Gasteiger partial charge is 0.364 e. The van der Waals surface area contributed by atoms with Gasteiger partial charge in [0.2, 0.25) is 11.8 Å². The lowest BCUT2D eigenvalue weighted by molar-refractivity contribution is 0.0995. The van der Waals surface area contributed by atoms with Crippen LogP contribution in [0.3, 0.4) is 0 Å². The van der Waals surface area contributed by atoms with Crippen LogP contribution < -0.4 is 5.73 Å². The van der Waals surface area contributed by atoms with Crippen LogP contribution >= 0.6 is 0 Å².